The van der Waals surface area contributed by atoms with Crippen LogP contribution in [0.3, 0.4) is 0 Å². The number of hydrogen-bond acceptors (Lipinski definition) is 5. The van der Waals surface area contributed by atoms with Gasteiger partial charge in [0.1, 0.15) is 5.76 Å². The second kappa shape index (κ2) is 10.4. The van der Waals surface area contributed by atoms with Crippen LogP contribution in [0.15, 0.2) is 33.7 Å². The fourth-order valence-electron chi connectivity index (χ4n) is 2.53. The highest BCUT2D eigenvalue weighted by Crippen LogP contribution is 2.31. The summed E-state index contributed by atoms with van der Waals surface area (Å²) in [6.07, 6.45) is 0. The molecule has 1 amide bonds. The smallest absolute Gasteiger partial charge is 0.239 e. The monoisotopic (exact) mass is 376 g/mol. The minimum Gasteiger partial charge on any atom is -0.490 e. The molecule has 148 valence electrons. The summed E-state index contributed by atoms with van der Waals surface area (Å²) >= 11 is 0. The number of fused-ring (bicyclic) bond motifs is 1. The van der Waals surface area contributed by atoms with E-state index in [4.69, 9.17) is 13.9 Å². The van der Waals surface area contributed by atoms with Gasteiger partial charge in [-0.2, -0.15) is 0 Å². The van der Waals surface area contributed by atoms with Gasteiger partial charge in [-0.25, -0.2) is 0 Å². The molecule has 2 rings (SSSR count). The molecular weight excluding hydrogens is 348 g/mol. The summed E-state index contributed by atoms with van der Waals surface area (Å²) in [5.41, 5.74) is 0.725. The van der Waals surface area contributed by atoms with Gasteiger partial charge >= 0.3 is 0 Å². The molecule has 0 bridgehead atoms. The maximum absolute atomic E-state index is 11.8. The van der Waals surface area contributed by atoms with Crippen molar-refractivity contribution in [3.63, 3.8) is 0 Å². The Morgan fingerprint density at radius 1 is 1.33 bits per heavy atom. The lowest BCUT2D eigenvalue weighted by molar-refractivity contribution is -0.120. The molecule has 0 aliphatic rings. The summed E-state index contributed by atoms with van der Waals surface area (Å²) in [6, 6.07) is 7.64. The van der Waals surface area contributed by atoms with E-state index in [0.29, 0.717) is 25.7 Å². The average molecular weight is 376 g/mol. The van der Waals surface area contributed by atoms with Crippen molar-refractivity contribution in [2.45, 2.75) is 19.9 Å². The average Bonchev–Trinajstić information content (AvgIpc) is 3.11. The Hall–Kier alpha value is -2.74. The number of amides is 1. The summed E-state index contributed by atoms with van der Waals surface area (Å²) in [7, 11) is 3.24. The Kier molecular flexibility index (Phi) is 7.94. The molecule has 8 nitrogen and oxygen atoms in total. The zero-order valence-corrected chi connectivity index (χ0v) is 16.3. The molecule has 0 fully saturated rings. The number of para-hydroxylation sites is 1. The maximum atomic E-state index is 11.8. The Balaban J connectivity index is 1.96. The largest absolute Gasteiger partial charge is 0.490 e. The maximum Gasteiger partial charge on any atom is 0.239 e. The third-order valence-electron chi connectivity index (χ3n) is 3.88. The van der Waals surface area contributed by atoms with Crippen LogP contribution in [0.25, 0.3) is 11.0 Å². The lowest BCUT2D eigenvalue weighted by atomic mass is 10.2. The number of carbonyl (C=O) groups is 1. The predicted molar refractivity (Wildman–Crippen MR) is 105 cm³/mol. The van der Waals surface area contributed by atoms with Gasteiger partial charge in [-0.05, 0) is 26.0 Å². The number of nitrogens with one attached hydrogen (secondary N) is 3. The first kappa shape index (κ1) is 20.6. The number of methoxy groups -OCH3 is 1. The van der Waals surface area contributed by atoms with Crippen LogP contribution in [-0.4, -0.2) is 52.3 Å². The molecule has 0 radical (unpaired) electrons. The molecule has 1 atom stereocenters. The number of ether oxygens (including phenoxy) is 2. The van der Waals surface area contributed by atoms with Gasteiger partial charge in [0.15, 0.2) is 17.3 Å². The third-order valence-corrected chi connectivity index (χ3v) is 3.88. The van der Waals surface area contributed by atoms with Gasteiger partial charge in [0.05, 0.1) is 25.8 Å². The SMILES string of the molecule is CCOc1cccc2cc(C(C)NC(=NC)NCC(=O)NCCOC)oc12. The van der Waals surface area contributed by atoms with Gasteiger partial charge in [-0.3, -0.25) is 9.79 Å². The van der Waals surface area contributed by atoms with Gasteiger partial charge in [0, 0.05) is 26.1 Å². The van der Waals surface area contributed by atoms with Crippen LogP contribution >= 0.6 is 0 Å². The van der Waals surface area contributed by atoms with Crippen molar-refractivity contribution >= 4 is 22.8 Å². The number of rotatable bonds is 9. The van der Waals surface area contributed by atoms with Crippen molar-refractivity contribution in [2.75, 3.05) is 40.5 Å². The van der Waals surface area contributed by atoms with Crippen molar-refractivity contribution in [1.82, 2.24) is 16.0 Å². The van der Waals surface area contributed by atoms with Gasteiger partial charge in [-0.15, -0.1) is 0 Å². The Bertz CT molecular complexity index is 772. The first-order valence-corrected chi connectivity index (χ1v) is 8.97. The molecule has 0 spiro atoms. The molecule has 1 aromatic carbocycles. The van der Waals surface area contributed by atoms with E-state index in [9.17, 15) is 4.79 Å². The molecule has 1 heterocycles. The van der Waals surface area contributed by atoms with E-state index in [-0.39, 0.29) is 18.5 Å². The Morgan fingerprint density at radius 2 is 2.15 bits per heavy atom. The van der Waals surface area contributed by atoms with Crippen molar-refractivity contribution in [3.05, 3.63) is 30.0 Å². The fourth-order valence-corrected chi connectivity index (χ4v) is 2.53. The molecule has 0 saturated carbocycles. The topological polar surface area (TPSA) is 97.1 Å². The van der Waals surface area contributed by atoms with Gasteiger partial charge in [0.25, 0.3) is 0 Å². The first-order chi connectivity index (χ1) is 13.1. The Morgan fingerprint density at radius 3 is 2.85 bits per heavy atom. The van der Waals surface area contributed by atoms with Gasteiger partial charge in [0.2, 0.25) is 5.91 Å². The molecule has 8 heteroatoms. The van der Waals surface area contributed by atoms with Crippen molar-refractivity contribution < 1.29 is 18.7 Å². The van der Waals surface area contributed by atoms with Gasteiger partial charge < -0.3 is 29.8 Å². The standard InChI is InChI=1S/C19H28N4O4/c1-5-26-15-8-6-7-14-11-16(27-18(14)15)13(2)23-19(20-3)22-12-17(24)21-9-10-25-4/h6-8,11,13H,5,9-10,12H2,1-4H3,(H,21,24)(H2,20,22,23). The molecule has 1 unspecified atom stereocenters. The van der Waals surface area contributed by atoms with Crippen LogP contribution < -0.4 is 20.7 Å². The summed E-state index contributed by atoms with van der Waals surface area (Å²) in [4.78, 5) is 15.9. The van der Waals surface area contributed by atoms with Crippen LogP contribution in [0, 0.1) is 0 Å². The van der Waals surface area contributed by atoms with Crippen molar-refractivity contribution in [3.8, 4) is 5.75 Å². The second-order valence-electron chi connectivity index (χ2n) is 5.89. The first-order valence-electron chi connectivity index (χ1n) is 8.97. The third kappa shape index (κ3) is 5.89. The number of carbonyl (C=O) groups excluding carboxylic acids is 1. The summed E-state index contributed by atoms with van der Waals surface area (Å²) in [5, 5.41) is 9.92. The van der Waals surface area contributed by atoms with E-state index < -0.39 is 0 Å². The van der Waals surface area contributed by atoms with Crippen LogP contribution in [0.2, 0.25) is 0 Å². The number of guanidine groups is 1. The van der Waals surface area contributed by atoms with Gasteiger partial charge in [-0.1, -0.05) is 12.1 Å². The highest BCUT2D eigenvalue weighted by Gasteiger charge is 2.15. The van der Waals surface area contributed by atoms with E-state index in [1.807, 2.05) is 38.1 Å². The lowest BCUT2D eigenvalue weighted by Crippen LogP contribution is -2.44. The zero-order chi connectivity index (χ0) is 19.6. The molecule has 2 aromatic rings. The number of hydrogen-bond donors (Lipinski definition) is 3. The van der Waals surface area contributed by atoms with E-state index in [1.54, 1.807) is 14.2 Å². The number of aliphatic imine (C=N–C) groups is 1. The second-order valence-corrected chi connectivity index (χ2v) is 5.89. The highest BCUT2D eigenvalue weighted by molar-refractivity contribution is 5.87. The quantitative estimate of drug-likeness (QED) is 0.351. The van der Waals surface area contributed by atoms with E-state index in [2.05, 4.69) is 20.9 Å². The van der Waals surface area contributed by atoms with Crippen LogP contribution in [0.4, 0.5) is 0 Å². The van der Waals surface area contributed by atoms with Crippen LogP contribution in [0.1, 0.15) is 25.6 Å². The summed E-state index contributed by atoms with van der Waals surface area (Å²) in [6.45, 7) is 5.54. The van der Waals surface area contributed by atoms with Crippen molar-refractivity contribution in [2.24, 2.45) is 4.99 Å². The number of nitrogens with zero attached hydrogens (tertiary/aromatic N) is 1. The summed E-state index contributed by atoms with van der Waals surface area (Å²) in [5.74, 6) is 1.86. The molecule has 27 heavy (non-hydrogen) atoms. The van der Waals surface area contributed by atoms with E-state index >= 15 is 0 Å². The minimum atomic E-state index is -0.144. The highest BCUT2D eigenvalue weighted by atomic mass is 16.5. The van der Waals surface area contributed by atoms with Crippen LogP contribution in [-0.2, 0) is 9.53 Å². The fraction of sp³-hybridized carbons (Fsp3) is 0.474. The number of benzene rings is 1. The molecule has 3 N–H and O–H groups in total. The summed E-state index contributed by atoms with van der Waals surface area (Å²) < 4.78 is 16.5. The Labute approximate surface area is 159 Å². The lowest BCUT2D eigenvalue weighted by Gasteiger charge is -2.16. The molecular formula is C19H28N4O4. The predicted octanol–water partition coefficient (Wildman–Crippen LogP) is 1.82. The minimum absolute atomic E-state index is 0.116. The van der Waals surface area contributed by atoms with Crippen LogP contribution in [0.5, 0.6) is 5.75 Å². The molecule has 0 aliphatic carbocycles. The molecule has 0 saturated heterocycles. The normalized spacial score (nSPS) is 12.7. The van der Waals surface area contributed by atoms with E-state index in [0.717, 1.165) is 22.5 Å². The number of furan rings is 1. The molecule has 0 aliphatic heterocycles. The molecule has 1 aromatic heterocycles. The van der Waals surface area contributed by atoms with E-state index in [1.165, 1.54) is 0 Å². The van der Waals surface area contributed by atoms with Crippen molar-refractivity contribution in [1.29, 1.82) is 0 Å². The zero-order valence-electron chi connectivity index (χ0n) is 16.3.